The summed E-state index contributed by atoms with van der Waals surface area (Å²) < 4.78 is 10.4. The Morgan fingerprint density at radius 3 is 2.75 bits per heavy atom. The highest BCUT2D eigenvalue weighted by Gasteiger charge is 2.08. The maximum Gasteiger partial charge on any atom is 0.160 e. The van der Waals surface area contributed by atoms with Crippen LogP contribution in [-0.4, -0.2) is 18.8 Å². The largest absolute Gasteiger partial charge is 0.504 e. The molecule has 0 aromatic heterocycles. The number of phenols is 1. The average Bonchev–Trinajstić information content (AvgIpc) is 2.29. The summed E-state index contributed by atoms with van der Waals surface area (Å²) in [5, 5.41) is 9.60. The summed E-state index contributed by atoms with van der Waals surface area (Å²) in [5.74, 6) is 6.17. The van der Waals surface area contributed by atoms with Crippen LogP contribution < -0.4 is 4.74 Å². The van der Waals surface area contributed by atoms with Crippen molar-refractivity contribution < 1.29 is 14.6 Å². The highest BCUT2D eigenvalue weighted by molar-refractivity contribution is 5.42. The molecule has 0 aliphatic carbocycles. The average molecular weight is 220 g/mol. The lowest BCUT2D eigenvalue weighted by Crippen LogP contribution is -2.00. The standard InChI is InChI=1S/C13H16O3/c1-4-5-8-16-10(2)11-6-7-13(15-3)12(14)9-11/h6-7,9-10,14H,8H2,1-3H3. The molecule has 3 nitrogen and oxygen atoms in total. The Balaban J connectivity index is 2.71. The van der Waals surface area contributed by atoms with Crippen molar-refractivity contribution in [3.8, 4) is 23.3 Å². The van der Waals surface area contributed by atoms with Gasteiger partial charge in [0, 0.05) is 0 Å². The third kappa shape index (κ3) is 3.18. The van der Waals surface area contributed by atoms with Gasteiger partial charge in [0.25, 0.3) is 0 Å². The van der Waals surface area contributed by atoms with Crippen molar-refractivity contribution in [3.05, 3.63) is 23.8 Å². The van der Waals surface area contributed by atoms with E-state index in [2.05, 4.69) is 11.8 Å². The molecule has 0 saturated heterocycles. The van der Waals surface area contributed by atoms with Crippen molar-refractivity contribution in [2.24, 2.45) is 0 Å². The van der Waals surface area contributed by atoms with E-state index in [-0.39, 0.29) is 11.9 Å². The molecule has 0 fully saturated rings. The summed E-state index contributed by atoms with van der Waals surface area (Å²) in [6, 6.07) is 5.22. The fraction of sp³-hybridized carbons (Fsp3) is 0.385. The lowest BCUT2D eigenvalue weighted by Gasteiger charge is -2.12. The second-order valence-electron chi connectivity index (χ2n) is 3.31. The van der Waals surface area contributed by atoms with Crippen LogP contribution in [0.5, 0.6) is 11.5 Å². The highest BCUT2D eigenvalue weighted by Crippen LogP contribution is 2.29. The number of ether oxygens (including phenoxy) is 2. The Hall–Kier alpha value is -1.66. The van der Waals surface area contributed by atoms with Gasteiger partial charge in [0.15, 0.2) is 11.5 Å². The van der Waals surface area contributed by atoms with Crippen molar-refractivity contribution in [3.63, 3.8) is 0 Å². The molecule has 0 aliphatic rings. The molecule has 0 saturated carbocycles. The Morgan fingerprint density at radius 2 is 2.19 bits per heavy atom. The van der Waals surface area contributed by atoms with Crippen LogP contribution in [0.4, 0.5) is 0 Å². The van der Waals surface area contributed by atoms with E-state index < -0.39 is 0 Å². The number of benzene rings is 1. The van der Waals surface area contributed by atoms with E-state index in [0.29, 0.717) is 12.4 Å². The van der Waals surface area contributed by atoms with Gasteiger partial charge < -0.3 is 14.6 Å². The second-order valence-corrected chi connectivity index (χ2v) is 3.31. The summed E-state index contributed by atoms with van der Waals surface area (Å²) in [5.41, 5.74) is 0.899. The van der Waals surface area contributed by atoms with Gasteiger partial charge in [-0.15, -0.1) is 5.92 Å². The van der Waals surface area contributed by atoms with E-state index in [1.165, 1.54) is 7.11 Å². The van der Waals surface area contributed by atoms with Gasteiger partial charge >= 0.3 is 0 Å². The van der Waals surface area contributed by atoms with Crippen molar-refractivity contribution in [2.45, 2.75) is 20.0 Å². The Kier molecular flexibility index (Phi) is 4.68. The predicted molar refractivity (Wildman–Crippen MR) is 62.5 cm³/mol. The molecule has 0 bridgehead atoms. The minimum absolute atomic E-state index is 0.0994. The maximum atomic E-state index is 9.60. The number of hydrogen-bond acceptors (Lipinski definition) is 3. The summed E-state index contributed by atoms with van der Waals surface area (Å²) >= 11 is 0. The summed E-state index contributed by atoms with van der Waals surface area (Å²) in [7, 11) is 1.52. The van der Waals surface area contributed by atoms with Crippen molar-refractivity contribution in [1.82, 2.24) is 0 Å². The first-order valence-corrected chi connectivity index (χ1v) is 5.07. The molecule has 1 unspecified atom stereocenters. The normalized spacial score (nSPS) is 11.4. The third-order valence-electron chi connectivity index (χ3n) is 2.25. The van der Waals surface area contributed by atoms with Crippen LogP contribution >= 0.6 is 0 Å². The van der Waals surface area contributed by atoms with Gasteiger partial charge in [0.1, 0.15) is 6.61 Å². The van der Waals surface area contributed by atoms with Gasteiger partial charge in [-0.05, 0) is 31.5 Å². The Bertz CT molecular complexity index is 401. The molecule has 1 atom stereocenters. The van der Waals surface area contributed by atoms with Gasteiger partial charge in [0.05, 0.1) is 13.2 Å². The zero-order valence-corrected chi connectivity index (χ0v) is 9.78. The molecule has 86 valence electrons. The third-order valence-corrected chi connectivity index (χ3v) is 2.25. The molecule has 3 heteroatoms. The molecule has 1 aromatic carbocycles. The molecule has 16 heavy (non-hydrogen) atoms. The van der Waals surface area contributed by atoms with Crippen LogP contribution in [0.1, 0.15) is 25.5 Å². The van der Waals surface area contributed by atoms with Gasteiger partial charge in [0.2, 0.25) is 0 Å². The quantitative estimate of drug-likeness (QED) is 0.792. The second kappa shape index (κ2) is 6.04. The number of aromatic hydroxyl groups is 1. The van der Waals surface area contributed by atoms with E-state index in [0.717, 1.165) is 5.56 Å². The monoisotopic (exact) mass is 220 g/mol. The van der Waals surface area contributed by atoms with Crippen LogP contribution in [0.25, 0.3) is 0 Å². The van der Waals surface area contributed by atoms with E-state index in [9.17, 15) is 5.11 Å². The first kappa shape index (κ1) is 12.4. The Morgan fingerprint density at radius 1 is 1.44 bits per heavy atom. The van der Waals surface area contributed by atoms with E-state index >= 15 is 0 Å². The molecule has 0 aliphatic heterocycles. The van der Waals surface area contributed by atoms with Gasteiger partial charge in [-0.25, -0.2) is 0 Å². The zero-order chi connectivity index (χ0) is 12.0. The van der Waals surface area contributed by atoms with Crippen molar-refractivity contribution >= 4 is 0 Å². The van der Waals surface area contributed by atoms with E-state index in [1.54, 1.807) is 19.1 Å². The minimum atomic E-state index is -0.0994. The van der Waals surface area contributed by atoms with Gasteiger partial charge in [-0.3, -0.25) is 0 Å². The summed E-state index contributed by atoms with van der Waals surface area (Å²) in [6.45, 7) is 4.08. The first-order chi connectivity index (χ1) is 7.69. The first-order valence-electron chi connectivity index (χ1n) is 5.07. The predicted octanol–water partition coefficient (Wildman–Crippen LogP) is 2.50. The summed E-state index contributed by atoms with van der Waals surface area (Å²) in [4.78, 5) is 0. The van der Waals surface area contributed by atoms with Crippen LogP contribution in [0, 0.1) is 11.8 Å². The molecule has 0 radical (unpaired) electrons. The van der Waals surface area contributed by atoms with Crippen molar-refractivity contribution in [1.29, 1.82) is 0 Å². The number of rotatable bonds is 4. The molecule has 0 heterocycles. The fourth-order valence-electron chi connectivity index (χ4n) is 1.29. The molecule has 0 spiro atoms. The topological polar surface area (TPSA) is 38.7 Å². The van der Waals surface area contributed by atoms with Crippen LogP contribution in [0.15, 0.2) is 18.2 Å². The molecule has 1 aromatic rings. The van der Waals surface area contributed by atoms with E-state index in [1.807, 2.05) is 13.0 Å². The smallest absolute Gasteiger partial charge is 0.160 e. The van der Waals surface area contributed by atoms with Crippen LogP contribution in [0.2, 0.25) is 0 Å². The maximum absolute atomic E-state index is 9.60. The number of phenolic OH excluding ortho intramolecular Hbond substituents is 1. The number of hydrogen-bond donors (Lipinski definition) is 1. The SMILES string of the molecule is CC#CCOC(C)c1ccc(OC)c(O)c1. The molecular weight excluding hydrogens is 204 g/mol. The van der Waals surface area contributed by atoms with E-state index in [4.69, 9.17) is 9.47 Å². The zero-order valence-electron chi connectivity index (χ0n) is 9.78. The van der Waals surface area contributed by atoms with Crippen molar-refractivity contribution in [2.75, 3.05) is 13.7 Å². The summed E-state index contributed by atoms with van der Waals surface area (Å²) in [6.07, 6.45) is -0.0994. The molecular formula is C13H16O3. The Labute approximate surface area is 96.0 Å². The number of methoxy groups -OCH3 is 1. The lowest BCUT2D eigenvalue weighted by atomic mass is 10.1. The minimum Gasteiger partial charge on any atom is -0.504 e. The lowest BCUT2D eigenvalue weighted by molar-refractivity contribution is 0.0923. The fourth-order valence-corrected chi connectivity index (χ4v) is 1.29. The van der Waals surface area contributed by atoms with Crippen LogP contribution in [0.3, 0.4) is 0 Å². The van der Waals surface area contributed by atoms with Gasteiger partial charge in [-0.2, -0.15) is 0 Å². The van der Waals surface area contributed by atoms with Gasteiger partial charge in [-0.1, -0.05) is 12.0 Å². The molecule has 0 amide bonds. The highest BCUT2D eigenvalue weighted by atomic mass is 16.5. The molecule has 1 rings (SSSR count). The molecule has 1 N–H and O–H groups in total. The van der Waals surface area contributed by atoms with Crippen LogP contribution in [-0.2, 0) is 4.74 Å².